The lowest BCUT2D eigenvalue weighted by atomic mass is 10.0. The third-order valence-corrected chi connectivity index (χ3v) is 4.61. The summed E-state index contributed by atoms with van der Waals surface area (Å²) in [7, 11) is 1.35. The predicted octanol–water partition coefficient (Wildman–Crippen LogP) is 4.81. The van der Waals surface area contributed by atoms with Gasteiger partial charge in [0.05, 0.1) is 7.11 Å². The van der Waals surface area contributed by atoms with Crippen LogP contribution < -0.4 is 5.32 Å². The number of rotatable bonds is 14. The first-order valence-electron chi connectivity index (χ1n) is 10.1. The van der Waals surface area contributed by atoms with Crippen LogP contribution in [0.4, 0.5) is 0 Å². The van der Waals surface area contributed by atoms with Crippen molar-refractivity contribution in [2.24, 2.45) is 0 Å². The zero-order chi connectivity index (χ0) is 19.0. The van der Waals surface area contributed by atoms with Crippen LogP contribution >= 0.6 is 0 Å². The van der Waals surface area contributed by atoms with Crippen molar-refractivity contribution in [2.45, 2.75) is 83.6 Å². The van der Waals surface area contributed by atoms with Gasteiger partial charge in [-0.05, 0) is 12.0 Å². The Bertz CT molecular complexity index is 501. The minimum atomic E-state index is -0.617. The van der Waals surface area contributed by atoms with Gasteiger partial charge in [-0.3, -0.25) is 4.79 Å². The van der Waals surface area contributed by atoms with Crippen LogP contribution in [0.2, 0.25) is 0 Å². The molecule has 0 aliphatic heterocycles. The smallest absolute Gasteiger partial charge is 0.328 e. The number of hydrogen-bond donors (Lipinski definition) is 1. The lowest BCUT2D eigenvalue weighted by molar-refractivity contribution is -0.145. The summed E-state index contributed by atoms with van der Waals surface area (Å²) >= 11 is 0. The van der Waals surface area contributed by atoms with Gasteiger partial charge in [0, 0.05) is 12.8 Å². The monoisotopic (exact) mass is 361 g/mol. The Morgan fingerprint density at radius 3 is 2.08 bits per heavy atom. The second-order valence-corrected chi connectivity index (χ2v) is 6.91. The first-order valence-corrected chi connectivity index (χ1v) is 10.1. The van der Waals surface area contributed by atoms with Crippen LogP contribution in [0, 0.1) is 0 Å². The molecule has 0 heterocycles. The molecule has 1 rings (SSSR count). The fourth-order valence-corrected chi connectivity index (χ4v) is 3.05. The lowest BCUT2D eigenvalue weighted by Crippen LogP contribution is -2.43. The quantitative estimate of drug-likeness (QED) is 0.382. The van der Waals surface area contributed by atoms with Gasteiger partial charge >= 0.3 is 5.97 Å². The van der Waals surface area contributed by atoms with E-state index in [1.165, 1.54) is 52.1 Å². The molecule has 0 saturated carbocycles. The van der Waals surface area contributed by atoms with Crippen molar-refractivity contribution >= 4 is 11.9 Å². The maximum absolute atomic E-state index is 12.2. The summed E-state index contributed by atoms with van der Waals surface area (Å²) in [6.07, 6.45) is 11.9. The second kappa shape index (κ2) is 14.3. The van der Waals surface area contributed by atoms with Crippen molar-refractivity contribution in [3.63, 3.8) is 0 Å². The van der Waals surface area contributed by atoms with Crippen LogP contribution in [-0.4, -0.2) is 25.0 Å². The lowest BCUT2D eigenvalue weighted by Gasteiger charge is -2.16. The standard InChI is InChI=1S/C22H35NO3/c1-3-4-5-6-7-8-9-10-14-17-21(24)23-20(22(25)26-2)18-19-15-12-11-13-16-19/h11-13,15-16,20H,3-10,14,17-18H2,1-2H3,(H,23,24). The molecule has 0 aromatic heterocycles. The zero-order valence-corrected chi connectivity index (χ0v) is 16.5. The topological polar surface area (TPSA) is 55.4 Å². The number of ether oxygens (including phenoxy) is 1. The van der Waals surface area contributed by atoms with E-state index in [0.29, 0.717) is 12.8 Å². The number of methoxy groups -OCH3 is 1. The molecule has 4 heteroatoms. The van der Waals surface area contributed by atoms with Crippen LogP contribution in [0.5, 0.6) is 0 Å². The minimum Gasteiger partial charge on any atom is -0.467 e. The van der Waals surface area contributed by atoms with E-state index in [2.05, 4.69) is 12.2 Å². The van der Waals surface area contributed by atoms with Gasteiger partial charge in [0.15, 0.2) is 0 Å². The van der Waals surface area contributed by atoms with E-state index in [0.717, 1.165) is 18.4 Å². The first-order chi connectivity index (χ1) is 12.7. The van der Waals surface area contributed by atoms with E-state index >= 15 is 0 Å². The SMILES string of the molecule is CCCCCCCCCCCC(=O)NC(Cc1ccccc1)C(=O)OC. The van der Waals surface area contributed by atoms with E-state index in [1.807, 2.05) is 30.3 Å². The van der Waals surface area contributed by atoms with Crippen molar-refractivity contribution < 1.29 is 14.3 Å². The van der Waals surface area contributed by atoms with Crippen LogP contribution in [0.3, 0.4) is 0 Å². The van der Waals surface area contributed by atoms with E-state index in [4.69, 9.17) is 4.74 Å². The molecule has 0 spiro atoms. The molecule has 1 aromatic rings. The molecule has 4 nitrogen and oxygen atoms in total. The average molecular weight is 362 g/mol. The second-order valence-electron chi connectivity index (χ2n) is 6.91. The fourth-order valence-electron chi connectivity index (χ4n) is 3.05. The van der Waals surface area contributed by atoms with Crippen molar-refractivity contribution in [2.75, 3.05) is 7.11 Å². The largest absolute Gasteiger partial charge is 0.467 e. The summed E-state index contributed by atoms with van der Waals surface area (Å²) in [4.78, 5) is 24.1. The van der Waals surface area contributed by atoms with Crippen molar-refractivity contribution in [3.05, 3.63) is 35.9 Å². The number of esters is 1. The molecule has 1 amide bonds. The van der Waals surface area contributed by atoms with Crippen LogP contribution in [-0.2, 0) is 20.7 Å². The van der Waals surface area contributed by atoms with E-state index in [-0.39, 0.29) is 5.91 Å². The first kappa shape index (κ1) is 22.2. The van der Waals surface area contributed by atoms with Gasteiger partial charge < -0.3 is 10.1 Å². The molecule has 1 unspecified atom stereocenters. The van der Waals surface area contributed by atoms with E-state index < -0.39 is 12.0 Å². The van der Waals surface area contributed by atoms with Crippen LogP contribution in [0.1, 0.15) is 76.7 Å². The Kier molecular flexibility index (Phi) is 12.2. The molecule has 26 heavy (non-hydrogen) atoms. The highest BCUT2D eigenvalue weighted by Gasteiger charge is 2.21. The van der Waals surface area contributed by atoms with Crippen LogP contribution in [0.15, 0.2) is 30.3 Å². The Hall–Kier alpha value is -1.84. The zero-order valence-electron chi connectivity index (χ0n) is 16.5. The molecule has 0 aliphatic carbocycles. The van der Waals surface area contributed by atoms with Gasteiger partial charge in [0.2, 0.25) is 5.91 Å². The number of hydrogen-bond acceptors (Lipinski definition) is 3. The highest BCUT2D eigenvalue weighted by molar-refractivity contribution is 5.84. The molecular formula is C22H35NO3. The predicted molar refractivity (Wildman–Crippen MR) is 106 cm³/mol. The normalized spacial score (nSPS) is 11.8. The van der Waals surface area contributed by atoms with Crippen molar-refractivity contribution in [3.8, 4) is 0 Å². The van der Waals surface area contributed by atoms with Crippen LogP contribution in [0.25, 0.3) is 0 Å². The number of amides is 1. The molecule has 1 atom stereocenters. The summed E-state index contributed by atoms with van der Waals surface area (Å²) in [6.45, 7) is 2.23. The Balaban J connectivity index is 2.22. The molecule has 1 N–H and O–H groups in total. The number of unbranched alkanes of at least 4 members (excludes halogenated alkanes) is 8. The molecule has 0 bridgehead atoms. The summed E-state index contributed by atoms with van der Waals surface area (Å²) in [6, 6.07) is 9.06. The van der Waals surface area contributed by atoms with Gasteiger partial charge in [-0.25, -0.2) is 4.79 Å². The third kappa shape index (κ3) is 10.2. The van der Waals surface area contributed by atoms with Crippen molar-refractivity contribution in [1.29, 1.82) is 0 Å². The third-order valence-electron chi connectivity index (χ3n) is 4.61. The molecule has 0 fully saturated rings. The summed E-state index contributed by atoms with van der Waals surface area (Å²) in [5.74, 6) is -0.464. The molecule has 0 aliphatic rings. The Morgan fingerprint density at radius 1 is 0.923 bits per heavy atom. The highest BCUT2D eigenvalue weighted by Crippen LogP contribution is 2.11. The highest BCUT2D eigenvalue weighted by atomic mass is 16.5. The number of carbonyl (C=O) groups excluding carboxylic acids is 2. The average Bonchev–Trinajstić information content (AvgIpc) is 2.66. The number of nitrogens with one attached hydrogen (secondary N) is 1. The van der Waals surface area contributed by atoms with Gasteiger partial charge in [0.1, 0.15) is 6.04 Å². The summed E-state index contributed by atoms with van der Waals surface area (Å²) in [5.41, 5.74) is 1.01. The molecule has 146 valence electrons. The summed E-state index contributed by atoms with van der Waals surface area (Å²) < 4.78 is 4.83. The van der Waals surface area contributed by atoms with E-state index in [1.54, 1.807) is 0 Å². The van der Waals surface area contributed by atoms with Crippen molar-refractivity contribution in [1.82, 2.24) is 5.32 Å². The molecule has 1 aromatic carbocycles. The number of benzene rings is 1. The maximum atomic E-state index is 12.2. The number of carbonyl (C=O) groups is 2. The molecule has 0 radical (unpaired) electrons. The Morgan fingerprint density at radius 2 is 1.50 bits per heavy atom. The molecular weight excluding hydrogens is 326 g/mol. The molecule has 0 saturated heterocycles. The maximum Gasteiger partial charge on any atom is 0.328 e. The summed E-state index contributed by atoms with van der Waals surface area (Å²) in [5, 5.41) is 2.83. The van der Waals surface area contributed by atoms with E-state index in [9.17, 15) is 9.59 Å². The van der Waals surface area contributed by atoms with Gasteiger partial charge in [-0.1, -0.05) is 88.6 Å². The minimum absolute atomic E-state index is 0.0701. The van der Waals surface area contributed by atoms with Gasteiger partial charge in [-0.15, -0.1) is 0 Å². The van der Waals surface area contributed by atoms with Gasteiger partial charge in [-0.2, -0.15) is 0 Å². The Labute approximate surface area is 158 Å². The fraction of sp³-hybridized carbons (Fsp3) is 0.636. The van der Waals surface area contributed by atoms with Gasteiger partial charge in [0.25, 0.3) is 0 Å².